The molecule has 76 valence electrons. The highest BCUT2D eigenvalue weighted by Crippen LogP contribution is 2.13. The van der Waals surface area contributed by atoms with Crippen molar-refractivity contribution in [1.29, 1.82) is 0 Å². The maximum absolute atomic E-state index is 10.6. The molecule has 0 aromatic heterocycles. The van der Waals surface area contributed by atoms with Gasteiger partial charge in [0.15, 0.2) is 11.9 Å². The van der Waals surface area contributed by atoms with E-state index < -0.39 is 36.6 Å². The third-order valence-electron chi connectivity index (χ3n) is 1.34. The zero-order chi connectivity index (χ0) is 11.5. The number of aliphatic hydroxyl groups is 4. The largest absolute Gasteiger partial charge is 0.479 e. The van der Waals surface area contributed by atoms with Gasteiger partial charge in [0, 0.05) is 1.37 Å². The van der Waals surface area contributed by atoms with Gasteiger partial charge in [-0.15, -0.1) is 0 Å². The van der Waals surface area contributed by atoms with Crippen LogP contribution in [0.4, 0.5) is 0 Å². The molecule has 0 aromatic carbocycles. The van der Waals surface area contributed by atoms with E-state index in [9.17, 15) is 9.59 Å². The van der Waals surface area contributed by atoms with Gasteiger partial charge in [-0.3, -0.25) is 4.79 Å². The molecule has 0 aliphatic rings. The highest BCUT2D eigenvalue weighted by Gasteiger charge is 2.47. The lowest BCUT2D eigenvalue weighted by molar-refractivity contribution is -0.266. The molecule has 0 radical (unpaired) electrons. The van der Waals surface area contributed by atoms with Crippen molar-refractivity contribution in [3.8, 4) is 0 Å². The van der Waals surface area contributed by atoms with Crippen LogP contribution in [0.1, 0.15) is 8.27 Å². The van der Waals surface area contributed by atoms with Crippen molar-refractivity contribution >= 4 is 11.8 Å². The molecule has 0 fully saturated rings. The fourth-order valence-corrected chi connectivity index (χ4v) is 0.568. The van der Waals surface area contributed by atoms with Crippen molar-refractivity contribution in [2.75, 3.05) is 0 Å². The Balaban J connectivity index is 4.76. The van der Waals surface area contributed by atoms with E-state index in [2.05, 4.69) is 0 Å². The maximum atomic E-state index is 10.6. The quantitative estimate of drug-likeness (QED) is 0.303. The summed E-state index contributed by atoms with van der Waals surface area (Å²) in [4.78, 5) is 20.7. The molecule has 0 aliphatic carbocycles. The SMILES string of the molecule is [2H]CC(=O)[C@H](O)C(O)(O)[C@H](O)C(=O)O. The number of rotatable bonds is 4. The summed E-state index contributed by atoms with van der Waals surface area (Å²) < 4.78 is 6.51. The van der Waals surface area contributed by atoms with E-state index >= 15 is 0 Å². The number of aliphatic carboxylic acids is 1. The molecule has 0 heterocycles. The van der Waals surface area contributed by atoms with Crippen LogP contribution in [0.3, 0.4) is 0 Å². The van der Waals surface area contributed by atoms with Crippen LogP contribution in [0.25, 0.3) is 0 Å². The van der Waals surface area contributed by atoms with Crippen molar-refractivity contribution in [2.45, 2.75) is 24.9 Å². The van der Waals surface area contributed by atoms with Crippen molar-refractivity contribution < 1.29 is 36.5 Å². The van der Waals surface area contributed by atoms with Gasteiger partial charge >= 0.3 is 5.97 Å². The van der Waals surface area contributed by atoms with E-state index in [1.54, 1.807) is 0 Å². The fourth-order valence-electron chi connectivity index (χ4n) is 0.568. The topological polar surface area (TPSA) is 135 Å². The third-order valence-corrected chi connectivity index (χ3v) is 1.34. The smallest absolute Gasteiger partial charge is 0.338 e. The van der Waals surface area contributed by atoms with Crippen LogP contribution < -0.4 is 0 Å². The Kier molecular flexibility index (Phi) is 2.94. The second-order valence-corrected chi connectivity index (χ2v) is 2.39. The Bertz CT molecular complexity index is 238. The van der Waals surface area contributed by atoms with Crippen molar-refractivity contribution in [1.82, 2.24) is 0 Å². The molecular weight excluding hydrogens is 184 g/mol. The normalized spacial score (nSPS) is 17.4. The van der Waals surface area contributed by atoms with Crippen LogP contribution in [0.15, 0.2) is 0 Å². The van der Waals surface area contributed by atoms with Gasteiger partial charge in [0.05, 0.1) is 0 Å². The Hall–Kier alpha value is -1.02. The summed E-state index contributed by atoms with van der Waals surface area (Å²) in [6.45, 7) is -0.962. The summed E-state index contributed by atoms with van der Waals surface area (Å²) in [5.74, 6) is -6.81. The highest BCUT2D eigenvalue weighted by atomic mass is 16.6. The zero-order valence-electron chi connectivity index (χ0n) is 7.41. The van der Waals surface area contributed by atoms with E-state index in [1.807, 2.05) is 0 Å². The lowest BCUT2D eigenvalue weighted by Gasteiger charge is -2.27. The molecule has 0 unspecified atom stereocenters. The first-order valence-corrected chi connectivity index (χ1v) is 3.10. The Morgan fingerprint density at radius 1 is 1.31 bits per heavy atom. The average molecular weight is 195 g/mol. The first-order chi connectivity index (χ1) is 6.25. The lowest BCUT2D eigenvalue weighted by Crippen LogP contribution is -2.57. The number of carbonyl (C=O) groups excluding carboxylic acids is 1. The van der Waals surface area contributed by atoms with Gasteiger partial charge in [0.2, 0.25) is 11.9 Å². The summed E-state index contributed by atoms with van der Waals surface area (Å²) in [5.41, 5.74) is 0. The van der Waals surface area contributed by atoms with E-state index in [0.29, 0.717) is 0 Å². The number of carboxylic acid groups (broad SMARTS) is 1. The zero-order valence-corrected chi connectivity index (χ0v) is 6.41. The predicted molar refractivity (Wildman–Crippen MR) is 37.5 cm³/mol. The number of carbonyl (C=O) groups is 2. The molecular formula is C6H10O7. The number of hydrogen-bond donors (Lipinski definition) is 5. The second-order valence-electron chi connectivity index (χ2n) is 2.39. The summed E-state index contributed by atoms with van der Waals surface area (Å²) in [5, 5.41) is 43.5. The minimum atomic E-state index is -3.50. The van der Waals surface area contributed by atoms with Crippen LogP contribution in [-0.4, -0.2) is 55.3 Å². The molecule has 0 aromatic rings. The van der Waals surface area contributed by atoms with Gasteiger partial charge in [-0.2, -0.15) is 0 Å². The lowest BCUT2D eigenvalue weighted by atomic mass is 10.0. The maximum Gasteiger partial charge on any atom is 0.338 e. The van der Waals surface area contributed by atoms with Gasteiger partial charge in [-0.25, -0.2) is 4.79 Å². The minimum absolute atomic E-state index is 0.962. The van der Waals surface area contributed by atoms with E-state index in [1.165, 1.54) is 0 Å². The van der Waals surface area contributed by atoms with Crippen LogP contribution in [0, 0.1) is 0 Å². The molecule has 0 spiro atoms. The molecule has 5 N–H and O–H groups in total. The van der Waals surface area contributed by atoms with Crippen molar-refractivity contribution in [2.24, 2.45) is 0 Å². The molecule has 0 saturated heterocycles. The van der Waals surface area contributed by atoms with Gasteiger partial charge in [0.25, 0.3) is 0 Å². The fraction of sp³-hybridized carbons (Fsp3) is 0.667. The summed E-state index contributed by atoms with van der Waals surface area (Å²) in [6.07, 6.45) is -5.26. The molecule has 0 saturated carbocycles. The number of hydrogen-bond acceptors (Lipinski definition) is 6. The average Bonchev–Trinajstić information content (AvgIpc) is 2.13. The standard InChI is InChI=1S/C6H10O7/c1-2(7)3(8)6(12,13)4(9)5(10)11/h3-4,8-9,12-13H,1H3,(H,10,11)/t3-,4+/m0/s1/i1D. The Morgan fingerprint density at radius 3 is 2.08 bits per heavy atom. The number of Topliss-reactive ketones (excluding diaryl/α,β-unsaturated/α-hetero) is 1. The van der Waals surface area contributed by atoms with Gasteiger partial charge in [-0.05, 0) is 6.90 Å². The van der Waals surface area contributed by atoms with E-state index in [4.69, 9.17) is 26.9 Å². The van der Waals surface area contributed by atoms with E-state index in [0.717, 1.165) is 0 Å². The number of aliphatic hydroxyl groups excluding tert-OH is 2. The first kappa shape index (κ1) is 10.1. The number of ketones is 1. The molecule has 2 atom stereocenters. The van der Waals surface area contributed by atoms with Gasteiger partial charge in [0.1, 0.15) is 0 Å². The summed E-state index contributed by atoms with van der Waals surface area (Å²) in [6, 6.07) is 0. The Labute approximate surface area is 74.3 Å². The molecule has 7 nitrogen and oxygen atoms in total. The van der Waals surface area contributed by atoms with Crippen LogP contribution in [0.2, 0.25) is 0 Å². The molecule has 7 heteroatoms. The minimum Gasteiger partial charge on any atom is -0.479 e. The third kappa shape index (κ3) is 2.46. The van der Waals surface area contributed by atoms with E-state index in [-0.39, 0.29) is 0 Å². The predicted octanol–water partition coefficient (Wildman–Crippen LogP) is -2.94. The summed E-state index contributed by atoms with van der Waals surface area (Å²) >= 11 is 0. The monoisotopic (exact) mass is 195 g/mol. The first-order valence-electron chi connectivity index (χ1n) is 3.81. The summed E-state index contributed by atoms with van der Waals surface area (Å²) in [7, 11) is 0. The molecule has 0 bridgehead atoms. The van der Waals surface area contributed by atoms with Gasteiger partial charge in [-0.1, -0.05) is 0 Å². The van der Waals surface area contributed by atoms with Crippen molar-refractivity contribution in [3.63, 3.8) is 0 Å². The molecule has 0 rings (SSSR count). The molecule has 0 amide bonds. The Morgan fingerprint density at radius 2 is 1.77 bits per heavy atom. The van der Waals surface area contributed by atoms with Gasteiger partial charge < -0.3 is 25.5 Å². The highest BCUT2D eigenvalue weighted by molar-refractivity contribution is 5.83. The second kappa shape index (κ2) is 3.79. The molecule has 0 aliphatic heterocycles. The van der Waals surface area contributed by atoms with Crippen LogP contribution in [-0.2, 0) is 9.59 Å². The number of carboxylic acids is 1. The van der Waals surface area contributed by atoms with Crippen LogP contribution in [0.5, 0.6) is 0 Å². The molecule has 13 heavy (non-hydrogen) atoms. The van der Waals surface area contributed by atoms with Crippen LogP contribution >= 0.6 is 0 Å². The van der Waals surface area contributed by atoms with Crippen molar-refractivity contribution in [3.05, 3.63) is 0 Å².